The first-order valence-corrected chi connectivity index (χ1v) is 12.8. The Balaban J connectivity index is 2.13. The first kappa shape index (κ1) is 26.7. The Kier molecular flexibility index (Phi) is 15.5. The minimum absolute atomic E-state index is 0.184. The van der Waals surface area contributed by atoms with E-state index in [4.69, 9.17) is 9.72 Å². The Labute approximate surface area is 187 Å². The summed E-state index contributed by atoms with van der Waals surface area (Å²) in [5.74, 6) is 1.46. The maximum Gasteiger partial charge on any atom is 0.228 e. The SMILES string of the molecule is CCCCCCCCCCCCCCCCc1cc(OC(C)CC)nc(N(C)C)n1. The van der Waals surface area contributed by atoms with E-state index in [1.807, 2.05) is 25.1 Å². The Morgan fingerprint density at radius 3 is 1.73 bits per heavy atom. The van der Waals surface area contributed by atoms with Gasteiger partial charge >= 0.3 is 0 Å². The Morgan fingerprint density at radius 2 is 1.27 bits per heavy atom. The van der Waals surface area contributed by atoms with Gasteiger partial charge in [0.05, 0.1) is 6.10 Å². The molecule has 0 aliphatic heterocycles. The molecule has 1 heterocycles. The van der Waals surface area contributed by atoms with Crippen molar-refractivity contribution in [1.82, 2.24) is 9.97 Å². The quantitative estimate of drug-likeness (QED) is 0.215. The third-order valence-corrected chi connectivity index (χ3v) is 5.83. The van der Waals surface area contributed by atoms with E-state index in [9.17, 15) is 0 Å². The van der Waals surface area contributed by atoms with Crippen LogP contribution in [0.4, 0.5) is 5.95 Å². The van der Waals surface area contributed by atoms with Gasteiger partial charge < -0.3 is 9.64 Å². The second kappa shape index (κ2) is 17.4. The van der Waals surface area contributed by atoms with Gasteiger partial charge in [-0.1, -0.05) is 97.3 Å². The highest BCUT2D eigenvalue weighted by Crippen LogP contribution is 2.19. The zero-order valence-corrected chi connectivity index (χ0v) is 20.7. The van der Waals surface area contributed by atoms with Gasteiger partial charge in [0.2, 0.25) is 11.8 Å². The number of nitrogens with zero attached hydrogens (tertiary/aromatic N) is 3. The van der Waals surface area contributed by atoms with Crippen molar-refractivity contribution in [3.63, 3.8) is 0 Å². The van der Waals surface area contributed by atoms with Gasteiger partial charge in [-0.2, -0.15) is 4.98 Å². The van der Waals surface area contributed by atoms with Crippen molar-refractivity contribution in [2.75, 3.05) is 19.0 Å². The molecule has 0 N–H and O–H groups in total. The van der Waals surface area contributed by atoms with Crippen molar-refractivity contribution < 1.29 is 4.74 Å². The second-order valence-electron chi connectivity index (χ2n) is 9.07. The molecule has 4 heteroatoms. The van der Waals surface area contributed by atoms with Gasteiger partial charge in [0, 0.05) is 25.9 Å². The van der Waals surface area contributed by atoms with E-state index in [0.29, 0.717) is 5.88 Å². The standard InChI is InChI=1S/C26H49N3O/c1-6-8-9-10-11-12-13-14-15-16-17-18-19-20-21-24-22-25(30-23(3)7-2)28-26(27-24)29(4)5/h22-23H,6-21H2,1-5H3. The first-order chi connectivity index (χ1) is 14.6. The first-order valence-electron chi connectivity index (χ1n) is 12.8. The van der Waals surface area contributed by atoms with Crippen molar-refractivity contribution in [3.8, 4) is 5.88 Å². The maximum atomic E-state index is 5.94. The van der Waals surface area contributed by atoms with Crippen LogP contribution in [0.2, 0.25) is 0 Å². The van der Waals surface area contributed by atoms with Crippen molar-refractivity contribution in [2.24, 2.45) is 0 Å². The van der Waals surface area contributed by atoms with Gasteiger partial charge in [0.1, 0.15) is 0 Å². The van der Waals surface area contributed by atoms with Gasteiger partial charge in [-0.15, -0.1) is 0 Å². The summed E-state index contributed by atoms with van der Waals surface area (Å²) in [6.45, 7) is 6.51. The molecule has 1 rings (SSSR count). The van der Waals surface area contributed by atoms with E-state index < -0.39 is 0 Å². The molecular formula is C26H49N3O. The molecule has 174 valence electrons. The fraction of sp³-hybridized carbons (Fsp3) is 0.846. The van der Waals surface area contributed by atoms with Crippen molar-refractivity contribution >= 4 is 5.95 Å². The van der Waals surface area contributed by atoms with Crippen LogP contribution in [0, 0.1) is 0 Å². The Bertz CT molecular complexity index is 533. The molecule has 0 amide bonds. The molecule has 30 heavy (non-hydrogen) atoms. The molecule has 0 aliphatic carbocycles. The molecule has 4 nitrogen and oxygen atoms in total. The largest absolute Gasteiger partial charge is 0.475 e. The smallest absolute Gasteiger partial charge is 0.228 e. The highest BCUT2D eigenvalue weighted by Gasteiger charge is 2.09. The van der Waals surface area contributed by atoms with Gasteiger partial charge in [-0.25, -0.2) is 4.98 Å². The highest BCUT2D eigenvalue weighted by atomic mass is 16.5. The van der Waals surface area contributed by atoms with Crippen LogP contribution in [0.5, 0.6) is 5.88 Å². The van der Waals surface area contributed by atoms with Crippen LogP contribution in [0.25, 0.3) is 0 Å². The fourth-order valence-corrected chi connectivity index (χ4v) is 3.64. The number of unbranched alkanes of at least 4 members (excludes halogenated alkanes) is 13. The number of hydrogen-bond acceptors (Lipinski definition) is 4. The average molecular weight is 420 g/mol. The highest BCUT2D eigenvalue weighted by molar-refractivity contribution is 5.32. The van der Waals surface area contributed by atoms with Crippen LogP contribution in [0.3, 0.4) is 0 Å². The number of aromatic nitrogens is 2. The normalized spacial score (nSPS) is 12.2. The lowest BCUT2D eigenvalue weighted by Crippen LogP contribution is -2.16. The summed E-state index contributed by atoms with van der Waals surface area (Å²) in [6.07, 6.45) is 21.6. The molecule has 0 aliphatic rings. The predicted octanol–water partition coefficient (Wildman–Crippen LogP) is 7.74. The topological polar surface area (TPSA) is 38.2 Å². The van der Waals surface area contributed by atoms with Crippen LogP contribution in [-0.4, -0.2) is 30.2 Å². The predicted molar refractivity (Wildman–Crippen MR) is 131 cm³/mol. The molecule has 1 aromatic rings. The summed E-state index contributed by atoms with van der Waals surface area (Å²) in [4.78, 5) is 11.2. The number of hydrogen-bond donors (Lipinski definition) is 0. The number of aryl methyl sites for hydroxylation is 1. The lowest BCUT2D eigenvalue weighted by atomic mass is 10.0. The third kappa shape index (κ3) is 13.1. The lowest BCUT2D eigenvalue weighted by Gasteiger charge is -2.16. The zero-order valence-electron chi connectivity index (χ0n) is 20.7. The molecule has 1 aromatic heterocycles. The maximum absolute atomic E-state index is 5.94. The van der Waals surface area contributed by atoms with Crippen LogP contribution in [-0.2, 0) is 6.42 Å². The van der Waals surface area contributed by atoms with E-state index in [1.165, 1.54) is 89.9 Å². The average Bonchev–Trinajstić information content (AvgIpc) is 2.73. The van der Waals surface area contributed by atoms with Crippen LogP contribution in [0.1, 0.15) is 123 Å². The minimum atomic E-state index is 0.184. The minimum Gasteiger partial charge on any atom is -0.475 e. The molecule has 0 saturated heterocycles. The number of anilines is 1. The van der Waals surface area contributed by atoms with E-state index in [1.54, 1.807) is 0 Å². The summed E-state index contributed by atoms with van der Waals surface area (Å²) in [7, 11) is 3.97. The van der Waals surface area contributed by atoms with Crippen LogP contribution < -0.4 is 9.64 Å². The molecule has 1 unspecified atom stereocenters. The lowest BCUT2D eigenvalue weighted by molar-refractivity contribution is 0.208. The summed E-state index contributed by atoms with van der Waals surface area (Å²) >= 11 is 0. The van der Waals surface area contributed by atoms with Crippen molar-refractivity contribution in [3.05, 3.63) is 11.8 Å². The Morgan fingerprint density at radius 1 is 0.767 bits per heavy atom. The monoisotopic (exact) mass is 419 g/mol. The van der Waals surface area contributed by atoms with Crippen molar-refractivity contribution in [2.45, 2.75) is 130 Å². The molecule has 0 fully saturated rings. The zero-order chi connectivity index (χ0) is 22.0. The van der Waals surface area contributed by atoms with Gasteiger partial charge in [-0.3, -0.25) is 0 Å². The molecule has 1 atom stereocenters. The molecule has 0 aromatic carbocycles. The summed E-state index contributed by atoms with van der Waals surface area (Å²) in [6, 6.07) is 2.03. The summed E-state index contributed by atoms with van der Waals surface area (Å²) in [5, 5.41) is 0. The summed E-state index contributed by atoms with van der Waals surface area (Å²) in [5.41, 5.74) is 1.10. The van der Waals surface area contributed by atoms with Gasteiger partial charge in [-0.05, 0) is 26.2 Å². The van der Waals surface area contributed by atoms with E-state index >= 15 is 0 Å². The van der Waals surface area contributed by atoms with Crippen LogP contribution in [0.15, 0.2) is 6.07 Å². The third-order valence-electron chi connectivity index (χ3n) is 5.83. The Hall–Kier alpha value is -1.32. The van der Waals surface area contributed by atoms with Gasteiger partial charge in [0.15, 0.2) is 0 Å². The van der Waals surface area contributed by atoms with Gasteiger partial charge in [0.25, 0.3) is 0 Å². The molecule has 0 bridgehead atoms. The second-order valence-corrected chi connectivity index (χ2v) is 9.07. The molecule has 0 saturated carbocycles. The van der Waals surface area contributed by atoms with Crippen molar-refractivity contribution in [1.29, 1.82) is 0 Å². The van der Waals surface area contributed by atoms with E-state index in [2.05, 4.69) is 25.8 Å². The molecular weight excluding hydrogens is 370 g/mol. The number of ether oxygens (including phenoxy) is 1. The fourth-order valence-electron chi connectivity index (χ4n) is 3.64. The number of rotatable bonds is 19. The van der Waals surface area contributed by atoms with Crippen LogP contribution >= 0.6 is 0 Å². The van der Waals surface area contributed by atoms with E-state index in [-0.39, 0.29) is 6.10 Å². The summed E-state index contributed by atoms with van der Waals surface area (Å²) < 4.78 is 5.94. The molecule has 0 spiro atoms. The van der Waals surface area contributed by atoms with E-state index in [0.717, 1.165) is 24.5 Å². The molecule has 0 radical (unpaired) electrons.